The fourth-order valence-electron chi connectivity index (χ4n) is 2.11. The molecule has 0 aliphatic carbocycles. The maximum atomic E-state index is 3.88. The molecule has 0 aromatic heterocycles. The number of hydrogen-bond acceptors (Lipinski definition) is 1. The van der Waals surface area contributed by atoms with Crippen molar-refractivity contribution in [2.45, 2.75) is 90.0 Å². The summed E-state index contributed by atoms with van der Waals surface area (Å²) >= 11 is 0. The van der Waals surface area contributed by atoms with Crippen molar-refractivity contribution in [3.63, 3.8) is 0 Å². The summed E-state index contributed by atoms with van der Waals surface area (Å²) < 4.78 is 0. The Labute approximate surface area is 110 Å². The summed E-state index contributed by atoms with van der Waals surface area (Å²) in [5.74, 6) is 0. The van der Waals surface area contributed by atoms with Crippen LogP contribution >= 0.6 is 0 Å². The van der Waals surface area contributed by atoms with Crippen LogP contribution in [0.1, 0.15) is 84.5 Å². The Kier molecular flexibility index (Phi) is 11.0. The number of nitrogens with one attached hydrogen (secondary N) is 1. The molecule has 0 bridgehead atoms. The van der Waals surface area contributed by atoms with Gasteiger partial charge in [-0.1, -0.05) is 71.1 Å². The third-order valence-electron chi connectivity index (χ3n) is 3.73. The molecule has 0 amide bonds. The molecule has 0 saturated carbocycles. The summed E-state index contributed by atoms with van der Waals surface area (Å²) in [7, 11) is 2.06. The van der Waals surface area contributed by atoms with E-state index < -0.39 is 0 Å². The van der Waals surface area contributed by atoms with Gasteiger partial charge in [-0.15, -0.1) is 0 Å². The van der Waals surface area contributed by atoms with Crippen molar-refractivity contribution in [2.24, 2.45) is 0 Å². The van der Waals surface area contributed by atoms with E-state index in [1.807, 2.05) is 0 Å². The van der Waals surface area contributed by atoms with E-state index in [9.17, 15) is 0 Å². The van der Waals surface area contributed by atoms with Crippen molar-refractivity contribution in [2.75, 3.05) is 7.05 Å². The molecule has 1 heteroatoms. The van der Waals surface area contributed by atoms with Gasteiger partial charge in [-0.05, 0) is 27.3 Å². The van der Waals surface area contributed by atoms with Crippen LogP contribution in [0.25, 0.3) is 0 Å². The van der Waals surface area contributed by atoms with Gasteiger partial charge in [0, 0.05) is 5.54 Å². The molecule has 0 aliphatic heterocycles. The van der Waals surface area contributed by atoms with Crippen LogP contribution in [0.15, 0.2) is 0 Å². The van der Waals surface area contributed by atoms with E-state index >= 15 is 0 Å². The Bertz CT molecular complexity index is 152. The van der Waals surface area contributed by atoms with E-state index in [4.69, 9.17) is 0 Å². The fourth-order valence-corrected chi connectivity index (χ4v) is 2.11. The van der Waals surface area contributed by atoms with Crippen molar-refractivity contribution in [3.8, 4) is 0 Å². The second kappa shape index (κ2) is 11.1. The molecule has 1 radical (unpaired) electrons. The molecule has 1 N–H and O–H groups in total. The van der Waals surface area contributed by atoms with Gasteiger partial charge < -0.3 is 5.32 Å². The minimum Gasteiger partial charge on any atom is -0.315 e. The highest BCUT2D eigenvalue weighted by atomic mass is 14.9. The lowest BCUT2D eigenvalue weighted by molar-refractivity contribution is 0.373. The lowest BCUT2D eigenvalue weighted by Crippen LogP contribution is -2.35. The van der Waals surface area contributed by atoms with Gasteiger partial charge in [-0.3, -0.25) is 0 Å². The molecule has 0 aromatic rings. The highest BCUT2D eigenvalue weighted by Gasteiger charge is 2.12. The average Bonchev–Trinajstić information content (AvgIpc) is 2.31. The van der Waals surface area contributed by atoms with Gasteiger partial charge in [0.15, 0.2) is 0 Å². The zero-order chi connectivity index (χ0) is 13.0. The van der Waals surface area contributed by atoms with Crippen molar-refractivity contribution in [3.05, 3.63) is 6.92 Å². The molecule has 103 valence electrons. The van der Waals surface area contributed by atoms with E-state index in [2.05, 4.69) is 33.1 Å². The molecule has 0 spiro atoms. The van der Waals surface area contributed by atoms with Gasteiger partial charge in [0.2, 0.25) is 0 Å². The van der Waals surface area contributed by atoms with Gasteiger partial charge in [-0.2, -0.15) is 0 Å². The van der Waals surface area contributed by atoms with E-state index in [1.54, 1.807) is 0 Å². The van der Waals surface area contributed by atoms with Crippen LogP contribution < -0.4 is 5.32 Å². The topological polar surface area (TPSA) is 12.0 Å². The van der Waals surface area contributed by atoms with Crippen molar-refractivity contribution in [1.82, 2.24) is 5.32 Å². The summed E-state index contributed by atoms with van der Waals surface area (Å²) in [6.07, 6.45) is 15.0. The molecule has 0 atom stereocenters. The predicted octanol–water partition coefficient (Wildman–Crippen LogP) is 5.11. The summed E-state index contributed by atoms with van der Waals surface area (Å²) in [6.45, 7) is 8.45. The van der Waals surface area contributed by atoms with Gasteiger partial charge in [-0.25, -0.2) is 0 Å². The minimum atomic E-state index is 0.328. The molecule has 17 heavy (non-hydrogen) atoms. The lowest BCUT2D eigenvalue weighted by Gasteiger charge is -2.23. The second-order valence-corrected chi connectivity index (χ2v) is 5.92. The first kappa shape index (κ1) is 17.0. The summed E-state index contributed by atoms with van der Waals surface area (Å²) in [5.41, 5.74) is 0.328. The maximum absolute atomic E-state index is 3.88. The summed E-state index contributed by atoms with van der Waals surface area (Å²) in [6, 6.07) is 0. The van der Waals surface area contributed by atoms with Crippen LogP contribution in [0.3, 0.4) is 0 Å². The lowest BCUT2D eigenvalue weighted by atomic mass is 9.96. The van der Waals surface area contributed by atoms with Crippen LogP contribution in [0, 0.1) is 6.92 Å². The van der Waals surface area contributed by atoms with Crippen LogP contribution in [0.4, 0.5) is 0 Å². The molecule has 0 saturated heterocycles. The minimum absolute atomic E-state index is 0.328. The maximum Gasteiger partial charge on any atom is 0.0122 e. The molecule has 0 rings (SSSR count). The Morgan fingerprint density at radius 1 is 0.765 bits per heavy atom. The molecule has 0 fully saturated rings. The first-order valence-corrected chi connectivity index (χ1v) is 7.60. The first-order valence-electron chi connectivity index (χ1n) is 7.60. The Morgan fingerprint density at radius 3 is 1.59 bits per heavy atom. The van der Waals surface area contributed by atoms with Gasteiger partial charge in [0.05, 0.1) is 0 Å². The molecular weight excluding hydrogens is 206 g/mol. The molecule has 0 aromatic carbocycles. The number of rotatable bonds is 12. The molecule has 0 aliphatic rings. The zero-order valence-corrected chi connectivity index (χ0v) is 12.5. The standard InChI is InChI=1S/C16H34N/c1-5-6-7-8-9-10-11-12-13-14-15-16(2,3)17-4/h17H,1,5-15H2,2-4H3. The molecule has 0 unspecified atom stereocenters. The zero-order valence-electron chi connectivity index (χ0n) is 12.5. The van der Waals surface area contributed by atoms with Crippen LogP contribution in [-0.4, -0.2) is 12.6 Å². The highest BCUT2D eigenvalue weighted by molar-refractivity contribution is 4.74. The average molecular weight is 240 g/mol. The Morgan fingerprint density at radius 2 is 1.18 bits per heavy atom. The van der Waals surface area contributed by atoms with E-state index in [-0.39, 0.29) is 0 Å². The largest absolute Gasteiger partial charge is 0.315 e. The van der Waals surface area contributed by atoms with Crippen LogP contribution in [-0.2, 0) is 0 Å². The summed E-state index contributed by atoms with van der Waals surface area (Å²) in [5, 5.41) is 3.37. The highest BCUT2D eigenvalue weighted by Crippen LogP contribution is 2.15. The fraction of sp³-hybridized carbons (Fsp3) is 0.938. The second-order valence-electron chi connectivity index (χ2n) is 5.92. The third-order valence-corrected chi connectivity index (χ3v) is 3.73. The van der Waals surface area contributed by atoms with Gasteiger partial charge in [0.1, 0.15) is 0 Å². The Balaban J connectivity index is 3.09. The van der Waals surface area contributed by atoms with Crippen molar-refractivity contribution in [1.29, 1.82) is 0 Å². The van der Waals surface area contributed by atoms with E-state index in [1.165, 1.54) is 64.2 Å². The smallest absolute Gasteiger partial charge is 0.0122 e. The van der Waals surface area contributed by atoms with E-state index in [0.717, 1.165) is 6.42 Å². The first-order chi connectivity index (χ1) is 8.12. The normalized spacial score (nSPS) is 12.0. The predicted molar refractivity (Wildman–Crippen MR) is 79.3 cm³/mol. The quantitative estimate of drug-likeness (QED) is 0.467. The Hall–Kier alpha value is -0.0400. The van der Waals surface area contributed by atoms with Gasteiger partial charge >= 0.3 is 0 Å². The van der Waals surface area contributed by atoms with Crippen LogP contribution in [0.5, 0.6) is 0 Å². The van der Waals surface area contributed by atoms with E-state index in [0.29, 0.717) is 5.54 Å². The third kappa shape index (κ3) is 12.2. The number of unbranched alkanes of at least 4 members (excludes halogenated alkanes) is 9. The summed E-state index contributed by atoms with van der Waals surface area (Å²) in [4.78, 5) is 0. The molecular formula is C16H34N. The number of hydrogen-bond donors (Lipinski definition) is 1. The monoisotopic (exact) mass is 240 g/mol. The molecule has 0 heterocycles. The SMILES string of the molecule is [CH2]CCCCCCCCCCCC(C)(C)NC. The molecule has 1 nitrogen and oxygen atoms in total. The van der Waals surface area contributed by atoms with Gasteiger partial charge in [0.25, 0.3) is 0 Å². The van der Waals surface area contributed by atoms with Crippen molar-refractivity contribution < 1.29 is 0 Å². The van der Waals surface area contributed by atoms with Crippen molar-refractivity contribution >= 4 is 0 Å². The van der Waals surface area contributed by atoms with Crippen LogP contribution in [0.2, 0.25) is 0 Å².